The van der Waals surface area contributed by atoms with Crippen LogP contribution in [0.3, 0.4) is 0 Å². The summed E-state index contributed by atoms with van der Waals surface area (Å²) in [6.07, 6.45) is 0.260. The molecule has 1 fully saturated rings. The van der Waals surface area contributed by atoms with E-state index in [1.54, 1.807) is 12.1 Å². The Balaban J connectivity index is 1.66. The van der Waals surface area contributed by atoms with Crippen molar-refractivity contribution in [2.45, 2.75) is 29.0 Å². The van der Waals surface area contributed by atoms with Crippen molar-refractivity contribution >= 4 is 28.1 Å². The van der Waals surface area contributed by atoms with E-state index in [0.717, 1.165) is 28.9 Å². The zero-order chi connectivity index (χ0) is 17.8. The Kier molecular flexibility index (Phi) is 3.75. The molecule has 0 radical (unpaired) electrons. The maximum absolute atomic E-state index is 12.3. The highest BCUT2D eigenvalue weighted by Crippen LogP contribution is 2.57. The van der Waals surface area contributed by atoms with Crippen molar-refractivity contribution in [3.8, 4) is 16.9 Å². The normalized spacial score (nSPS) is 23.0. The van der Waals surface area contributed by atoms with E-state index < -0.39 is 6.36 Å². The van der Waals surface area contributed by atoms with Crippen LogP contribution < -0.4 is 4.74 Å². The number of halogens is 4. The fourth-order valence-corrected chi connectivity index (χ4v) is 3.71. The third kappa shape index (κ3) is 3.33. The smallest absolute Gasteiger partial charge is 0.406 e. The summed E-state index contributed by atoms with van der Waals surface area (Å²) in [6.45, 7) is 2.21. The highest BCUT2D eigenvalue weighted by atomic mass is 127. The highest BCUT2D eigenvalue weighted by molar-refractivity contribution is 14.1. The van der Waals surface area contributed by atoms with Crippen molar-refractivity contribution in [3.63, 3.8) is 0 Å². The zero-order valence-electron chi connectivity index (χ0n) is 13.2. The first-order valence-corrected chi connectivity index (χ1v) is 8.83. The van der Waals surface area contributed by atoms with E-state index >= 15 is 0 Å². The van der Waals surface area contributed by atoms with E-state index in [1.165, 1.54) is 12.1 Å². The first kappa shape index (κ1) is 16.7. The van der Waals surface area contributed by atoms with Gasteiger partial charge in [0.15, 0.2) is 0 Å². The van der Waals surface area contributed by atoms with Gasteiger partial charge in [-0.25, -0.2) is 4.98 Å². The SMILES string of the molecule is CC1(I)CC1c1ncc2ccc(-c3ccc(OC(F)(F)F)cc3)cn12. The molecule has 25 heavy (non-hydrogen) atoms. The minimum Gasteiger partial charge on any atom is -0.406 e. The van der Waals surface area contributed by atoms with E-state index in [-0.39, 0.29) is 9.17 Å². The van der Waals surface area contributed by atoms with Crippen LogP contribution in [0.2, 0.25) is 0 Å². The van der Waals surface area contributed by atoms with Crippen LogP contribution in [-0.4, -0.2) is 19.2 Å². The van der Waals surface area contributed by atoms with Gasteiger partial charge in [-0.3, -0.25) is 0 Å². The van der Waals surface area contributed by atoms with Gasteiger partial charge < -0.3 is 9.14 Å². The second-order valence-electron chi connectivity index (χ2n) is 6.44. The fraction of sp³-hybridized carbons (Fsp3) is 0.278. The van der Waals surface area contributed by atoms with Crippen molar-refractivity contribution in [2.24, 2.45) is 0 Å². The summed E-state index contributed by atoms with van der Waals surface area (Å²) in [5.41, 5.74) is 2.75. The number of benzene rings is 1. The summed E-state index contributed by atoms with van der Waals surface area (Å²) in [5.74, 6) is 1.23. The molecule has 1 aliphatic carbocycles. The maximum Gasteiger partial charge on any atom is 0.573 e. The molecule has 3 nitrogen and oxygen atoms in total. The van der Waals surface area contributed by atoms with Gasteiger partial charge in [-0.2, -0.15) is 0 Å². The predicted molar refractivity (Wildman–Crippen MR) is 97.1 cm³/mol. The van der Waals surface area contributed by atoms with Crippen LogP contribution in [0.25, 0.3) is 16.6 Å². The van der Waals surface area contributed by atoms with Crippen LogP contribution in [0.1, 0.15) is 25.1 Å². The molecule has 1 saturated carbocycles. The van der Waals surface area contributed by atoms with Gasteiger partial charge >= 0.3 is 6.36 Å². The number of imidazole rings is 1. The number of ether oxygens (including phenoxy) is 1. The first-order chi connectivity index (χ1) is 11.7. The third-order valence-corrected chi connectivity index (χ3v) is 5.65. The van der Waals surface area contributed by atoms with E-state index in [0.29, 0.717) is 5.92 Å². The molecular weight excluding hydrogens is 444 g/mol. The molecule has 7 heteroatoms. The lowest BCUT2D eigenvalue weighted by atomic mass is 10.1. The standard InChI is InChI=1S/C18H14F3IN2O/c1-17(22)8-15(17)16-23-9-13-5-2-12(10-24(13)16)11-3-6-14(7-4-11)25-18(19,20)21/h2-7,9-10,15H,8H2,1H3. The summed E-state index contributed by atoms with van der Waals surface area (Å²) in [5, 5.41) is 0. The Morgan fingerprint density at radius 3 is 2.40 bits per heavy atom. The van der Waals surface area contributed by atoms with Crippen molar-refractivity contribution < 1.29 is 17.9 Å². The largest absolute Gasteiger partial charge is 0.573 e. The quantitative estimate of drug-likeness (QED) is 0.379. The number of hydrogen-bond donors (Lipinski definition) is 0. The summed E-state index contributed by atoms with van der Waals surface area (Å²) < 4.78 is 43.0. The minimum absolute atomic E-state index is 0.223. The lowest BCUT2D eigenvalue weighted by molar-refractivity contribution is -0.274. The number of aromatic nitrogens is 2. The van der Waals surface area contributed by atoms with Crippen molar-refractivity contribution in [3.05, 3.63) is 54.6 Å². The van der Waals surface area contributed by atoms with Gasteiger partial charge in [-0.15, -0.1) is 13.2 Å². The topological polar surface area (TPSA) is 26.5 Å². The van der Waals surface area contributed by atoms with Crippen LogP contribution in [0, 0.1) is 0 Å². The van der Waals surface area contributed by atoms with Crippen LogP contribution in [0.5, 0.6) is 5.75 Å². The minimum atomic E-state index is -4.68. The molecule has 2 heterocycles. The van der Waals surface area contributed by atoms with Crippen LogP contribution >= 0.6 is 22.6 Å². The van der Waals surface area contributed by atoms with Gasteiger partial charge in [0.1, 0.15) is 11.6 Å². The molecule has 0 N–H and O–H groups in total. The Labute approximate surface area is 156 Å². The number of alkyl halides is 4. The van der Waals surface area contributed by atoms with Crippen LogP contribution in [-0.2, 0) is 0 Å². The van der Waals surface area contributed by atoms with Gasteiger partial charge in [-0.05, 0) is 42.7 Å². The number of pyridine rings is 1. The van der Waals surface area contributed by atoms with Gasteiger partial charge in [0.05, 0.1) is 11.7 Å². The third-order valence-electron chi connectivity index (χ3n) is 4.46. The van der Waals surface area contributed by atoms with Crippen LogP contribution in [0.15, 0.2) is 48.8 Å². The molecule has 0 saturated heterocycles. The summed E-state index contributed by atoms with van der Waals surface area (Å²) in [6, 6.07) is 9.81. The molecule has 4 rings (SSSR count). The Morgan fingerprint density at radius 1 is 1.16 bits per heavy atom. The number of fused-ring (bicyclic) bond motifs is 1. The van der Waals surface area contributed by atoms with Gasteiger partial charge in [-0.1, -0.05) is 40.8 Å². The summed E-state index contributed by atoms with van der Waals surface area (Å²) >= 11 is 2.46. The molecule has 2 aromatic heterocycles. The van der Waals surface area contributed by atoms with Crippen LogP contribution in [0.4, 0.5) is 13.2 Å². The molecule has 0 aliphatic heterocycles. The summed E-state index contributed by atoms with van der Waals surface area (Å²) in [4.78, 5) is 4.56. The molecular formula is C18H14F3IN2O. The fourth-order valence-electron chi connectivity index (χ4n) is 2.99. The number of nitrogens with zero attached hydrogens (tertiary/aromatic N) is 2. The van der Waals surface area contributed by atoms with Gasteiger partial charge in [0.25, 0.3) is 0 Å². The Morgan fingerprint density at radius 2 is 1.80 bits per heavy atom. The molecule has 2 atom stereocenters. The van der Waals surface area contributed by atoms with E-state index in [2.05, 4.69) is 43.6 Å². The Bertz CT molecular complexity index is 932. The zero-order valence-corrected chi connectivity index (χ0v) is 15.4. The predicted octanol–water partition coefficient (Wildman–Crippen LogP) is 5.58. The van der Waals surface area contributed by atoms with Gasteiger partial charge in [0, 0.05) is 15.5 Å². The second kappa shape index (κ2) is 5.62. The highest BCUT2D eigenvalue weighted by Gasteiger charge is 2.51. The molecule has 0 amide bonds. The monoisotopic (exact) mass is 458 g/mol. The average molecular weight is 458 g/mol. The summed E-state index contributed by atoms with van der Waals surface area (Å²) in [7, 11) is 0. The second-order valence-corrected chi connectivity index (χ2v) is 8.90. The molecule has 0 bridgehead atoms. The van der Waals surface area contributed by atoms with Crippen molar-refractivity contribution in [1.29, 1.82) is 0 Å². The van der Waals surface area contributed by atoms with Crippen molar-refractivity contribution in [2.75, 3.05) is 0 Å². The first-order valence-electron chi connectivity index (χ1n) is 7.75. The molecule has 130 valence electrons. The lowest BCUT2D eigenvalue weighted by Crippen LogP contribution is -2.16. The van der Waals surface area contributed by atoms with E-state index in [9.17, 15) is 13.2 Å². The number of rotatable bonds is 3. The Hall–Kier alpha value is -1.77. The van der Waals surface area contributed by atoms with Gasteiger partial charge in [0.2, 0.25) is 0 Å². The van der Waals surface area contributed by atoms with E-state index in [1.807, 2.05) is 24.5 Å². The lowest BCUT2D eigenvalue weighted by Gasteiger charge is -2.10. The molecule has 2 unspecified atom stereocenters. The van der Waals surface area contributed by atoms with E-state index in [4.69, 9.17) is 0 Å². The molecule has 1 aliphatic rings. The molecule has 1 aromatic carbocycles. The maximum atomic E-state index is 12.3. The molecule has 0 spiro atoms. The number of hydrogen-bond acceptors (Lipinski definition) is 2. The average Bonchev–Trinajstić information content (AvgIpc) is 2.98. The molecule has 3 aromatic rings. The van der Waals surface area contributed by atoms with Crippen molar-refractivity contribution in [1.82, 2.24) is 9.38 Å².